The van der Waals surface area contributed by atoms with E-state index in [0.717, 1.165) is 5.56 Å². The van der Waals surface area contributed by atoms with Crippen LogP contribution in [-0.2, 0) is 25.5 Å². The molecule has 9 heteroatoms. The molecule has 1 fully saturated rings. The maximum absolute atomic E-state index is 12.6. The minimum absolute atomic E-state index is 0.0604. The zero-order valence-electron chi connectivity index (χ0n) is 15.1. The van der Waals surface area contributed by atoms with E-state index >= 15 is 0 Å². The van der Waals surface area contributed by atoms with Crippen molar-refractivity contribution in [3.05, 3.63) is 23.8 Å². The Labute approximate surface area is 156 Å². The molecular formula is C18H22N2O7. The summed E-state index contributed by atoms with van der Waals surface area (Å²) in [5.41, 5.74) is 0.823. The van der Waals surface area contributed by atoms with E-state index in [4.69, 9.17) is 19.3 Å². The summed E-state index contributed by atoms with van der Waals surface area (Å²) in [5.74, 6) is -0.192. The van der Waals surface area contributed by atoms with Crippen LogP contribution >= 0.6 is 0 Å². The zero-order chi connectivity index (χ0) is 19.4. The summed E-state index contributed by atoms with van der Waals surface area (Å²) in [6.07, 6.45) is -0.197. The van der Waals surface area contributed by atoms with Gasteiger partial charge in [0.1, 0.15) is 6.54 Å². The standard InChI is InChI=1S/C18H22N2O7/c1-12(21)20(10-18(23)24)9-14-8-19(4-5-25-14)17(22)7-13-2-3-15-16(6-13)27-11-26-15/h2-3,6,14H,4-5,7-11H2,1H3,(H,23,24). The molecule has 0 bridgehead atoms. The third kappa shape index (κ3) is 4.88. The molecule has 1 aromatic carbocycles. The van der Waals surface area contributed by atoms with E-state index in [1.807, 2.05) is 6.07 Å². The Kier molecular flexibility index (Phi) is 5.80. The van der Waals surface area contributed by atoms with E-state index in [2.05, 4.69) is 0 Å². The van der Waals surface area contributed by atoms with Crippen molar-refractivity contribution in [2.24, 2.45) is 0 Å². The van der Waals surface area contributed by atoms with Gasteiger partial charge in [-0.1, -0.05) is 6.07 Å². The van der Waals surface area contributed by atoms with Crippen LogP contribution in [0.15, 0.2) is 18.2 Å². The first-order chi connectivity index (χ1) is 12.9. The van der Waals surface area contributed by atoms with E-state index < -0.39 is 12.1 Å². The SMILES string of the molecule is CC(=O)N(CC(=O)O)CC1CN(C(=O)Cc2ccc3c(c2)OCO3)CCO1. The van der Waals surface area contributed by atoms with Crippen molar-refractivity contribution in [1.82, 2.24) is 9.80 Å². The molecule has 2 heterocycles. The summed E-state index contributed by atoms with van der Waals surface area (Å²) in [6.45, 7) is 2.35. The number of benzene rings is 1. The van der Waals surface area contributed by atoms with Gasteiger partial charge in [0.05, 0.1) is 19.1 Å². The van der Waals surface area contributed by atoms with Gasteiger partial charge in [-0.25, -0.2) is 0 Å². The second-order valence-corrected chi connectivity index (χ2v) is 6.49. The van der Waals surface area contributed by atoms with E-state index in [9.17, 15) is 14.4 Å². The molecule has 1 unspecified atom stereocenters. The van der Waals surface area contributed by atoms with Crippen molar-refractivity contribution in [3.63, 3.8) is 0 Å². The third-order valence-corrected chi connectivity index (χ3v) is 4.48. The van der Waals surface area contributed by atoms with Gasteiger partial charge >= 0.3 is 5.97 Å². The molecular weight excluding hydrogens is 356 g/mol. The third-order valence-electron chi connectivity index (χ3n) is 4.48. The number of rotatable bonds is 6. The number of carbonyl (C=O) groups excluding carboxylic acids is 2. The Morgan fingerprint density at radius 1 is 1.26 bits per heavy atom. The van der Waals surface area contributed by atoms with Gasteiger partial charge in [-0.05, 0) is 17.7 Å². The second kappa shape index (κ2) is 8.26. The van der Waals surface area contributed by atoms with E-state index in [-0.39, 0.29) is 38.1 Å². The molecule has 0 aromatic heterocycles. The lowest BCUT2D eigenvalue weighted by Crippen LogP contribution is -2.51. The lowest BCUT2D eigenvalue weighted by Gasteiger charge is -2.35. The summed E-state index contributed by atoms with van der Waals surface area (Å²) in [5, 5.41) is 8.91. The first kappa shape index (κ1) is 19.0. The van der Waals surface area contributed by atoms with Gasteiger partial charge in [-0.2, -0.15) is 0 Å². The predicted octanol–water partition coefficient (Wildman–Crippen LogP) is 0.118. The van der Waals surface area contributed by atoms with Crippen LogP contribution < -0.4 is 9.47 Å². The number of morpholine rings is 1. The molecule has 0 spiro atoms. The number of ether oxygens (including phenoxy) is 3. The highest BCUT2D eigenvalue weighted by molar-refractivity contribution is 5.80. The molecule has 9 nitrogen and oxygen atoms in total. The number of nitrogens with zero attached hydrogens (tertiary/aromatic N) is 2. The maximum Gasteiger partial charge on any atom is 0.323 e. The highest BCUT2D eigenvalue weighted by Gasteiger charge is 2.27. The molecule has 1 saturated heterocycles. The van der Waals surface area contributed by atoms with Gasteiger partial charge in [0.15, 0.2) is 11.5 Å². The lowest BCUT2D eigenvalue weighted by molar-refractivity contribution is -0.147. The van der Waals surface area contributed by atoms with Crippen LogP contribution in [0, 0.1) is 0 Å². The molecule has 1 aromatic rings. The van der Waals surface area contributed by atoms with Crippen LogP contribution in [0.1, 0.15) is 12.5 Å². The van der Waals surface area contributed by atoms with Crippen molar-refractivity contribution in [1.29, 1.82) is 0 Å². The van der Waals surface area contributed by atoms with E-state index in [1.165, 1.54) is 11.8 Å². The summed E-state index contributed by atoms with van der Waals surface area (Å²) < 4.78 is 16.2. The Balaban J connectivity index is 1.57. The molecule has 0 aliphatic carbocycles. The number of fused-ring (bicyclic) bond motifs is 1. The van der Waals surface area contributed by atoms with Crippen molar-refractivity contribution < 1.29 is 33.7 Å². The Morgan fingerprint density at radius 3 is 2.78 bits per heavy atom. The van der Waals surface area contributed by atoms with Crippen LogP contribution in [0.5, 0.6) is 11.5 Å². The van der Waals surface area contributed by atoms with Crippen molar-refractivity contribution in [2.75, 3.05) is 39.6 Å². The molecule has 1 atom stereocenters. The molecule has 0 radical (unpaired) electrons. The Bertz CT molecular complexity index is 736. The second-order valence-electron chi connectivity index (χ2n) is 6.49. The first-order valence-electron chi connectivity index (χ1n) is 8.67. The fourth-order valence-corrected chi connectivity index (χ4v) is 3.11. The molecule has 146 valence electrons. The molecule has 2 aliphatic heterocycles. The van der Waals surface area contributed by atoms with Crippen LogP contribution in [-0.4, -0.2) is 78.4 Å². The average molecular weight is 378 g/mol. The summed E-state index contributed by atoms with van der Waals surface area (Å²) in [7, 11) is 0. The summed E-state index contributed by atoms with van der Waals surface area (Å²) in [6, 6.07) is 5.40. The van der Waals surface area contributed by atoms with Crippen molar-refractivity contribution in [3.8, 4) is 11.5 Å². The number of hydrogen-bond acceptors (Lipinski definition) is 6. The molecule has 27 heavy (non-hydrogen) atoms. The van der Waals surface area contributed by atoms with Crippen LogP contribution in [0.2, 0.25) is 0 Å². The number of carbonyl (C=O) groups is 3. The summed E-state index contributed by atoms with van der Waals surface area (Å²) in [4.78, 5) is 38.0. The highest BCUT2D eigenvalue weighted by atomic mass is 16.7. The van der Waals surface area contributed by atoms with E-state index in [0.29, 0.717) is 31.2 Å². The van der Waals surface area contributed by atoms with Crippen LogP contribution in [0.4, 0.5) is 0 Å². The van der Waals surface area contributed by atoms with Crippen LogP contribution in [0.25, 0.3) is 0 Å². The number of carboxylic acids is 1. The van der Waals surface area contributed by atoms with Crippen LogP contribution in [0.3, 0.4) is 0 Å². The lowest BCUT2D eigenvalue weighted by atomic mass is 10.1. The Morgan fingerprint density at radius 2 is 2.04 bits per heavy atom. The average Bonchev–Trinajstić information content (AvgIpc) is 3.08. The Hall–Kier alpha value is -2.81. The van der Waals surface area contributed by atoms with Gasteiger partial charge in [-0.3, -0.25) is 14.4 Å². The number of amides is 2. The molecule has 3 rings (SSSR count). The summed E-state index contributed by atoms with van der Waals surface area (Å²) >= 11 is 0. The topological polar surface area (TPSA) is 106 Å². The fourth-order valence-electron chi connectivity index (χ4n) is 3.11. The van der Waals surface area contributed by atoms with Crippen molar-refractivity contribution >= 4 is 17.8 Å². The van der Waals surface area contributed by atoms with Gasteiger partial charge in [0.2, 0.25) is 18.6 Å². The first-order valence-corrected chi connectivity index (χ1v) is 8.67. The molecule has 0 saturated carbocycles. The van der Waals surface area contributed by atoms with Crippen molar-refractivity contribution in [2.45, 2.75) is 19.4 Å². The molecule has 2 aliphatic rings. The number of carboxylic acid groups (broad SMARTS) is 1. The normalized spacial score (nSPS) is 18.3. The maximum atomic E-state index is 12.6. The largest absolute Gasteiger partial charge is 0.480 e. The molecule has 2 amide bonds. The minimum Gasteiger partial charge on any atom is -0.480 e. The minimum atomic E-state index is -1.09. The van der Waals surface area contributed by atoms with Gasteiger partial charge in [0, 0.05) is 26.6 Å². The van der Waals surface area contributed by atoms with E-state index in [1.54, 1.807) is 17.0 Å². The predicted molar refractivity (Wildman–Crippen MR) is 92.5 cm³/mol. The fraction of sp³-hybridized carbons (Fsp3) is 0.500. The zero-order valence-corrected chi connectivity index (χ0v) is 15.1. The number of aliphatic carboxylic acids is 1. The smallest absolute Gasteiger partial charge is 0.323 e. The number of hydrogen-bond donors (Lipinski definition) is 1. The quantitative estimate of drug-likeness (QED) is 0.749. The monoisotopic (exact) mass is 378 g/mol. The molecule has 1 N–H and O–H groups in total. The highest BCUT2D eigenvalue weighted by Crippen LogP contribution is 2.32. The van der Waals surface area contributed by atoms with Gasteiger partial charge in [-0.15, -0.1) is 0 Å². The van der Waals surface area contributed by atoms with Gasteiger partial charge in [0.25, 0.3) is 0 Å². The van der Waals surface area contributed by atoms with Gasteiger partial charge < -0.3 is 29.1 Å².